The van der Waals surface area contributed by atoms with E-state index in [1.807, 2.05) is 49.0 Å². The standard InChI is InChI=1S/C16H17N5OS2/c1-10-5-4-6-12(9-10)13-19-20-16(21(13)3)24-11(2)14(22)18-15-17-7-8-23-15/h4-9,11H,1-3H3,(H,17,18,22)/t11-/m1/s1. The van der Waals surface area contributed by atoms with Gasteiger partial charge in [-0.1, -0.05) is 35.5 Å². The largest absolute Gasteiger partial charge is 0.305 e. The van der Waals surface area contributed by atoms with Crippen molar-refractivity contribution in [3.63, 3.8) is 0 Å². The average molecular weight is 359 g/mol. The summed E-state index contributed by atoms with van der Waals surface area (Å²) in [5.74, 6) is 0.684. The number of anilines is 1. The molecule has 3 aromatic rings. The lowest BCUT2D eigenvalue weighted by Crippen LogP contribution is -2.22. The highest BCUT2D eigenvalue weighted by Crippen LogP contribution is 2.26. The monoisotopic (exact) mass is 359 g/mol. The van der Waals surface area contributed by atoms with Crippen LogP contribution in [0.25, 0.3) is 11.4 Å². The van der Waals surface area contributed by atoms with Crippen molar-refractivity contribution in [2.75, 3.05) is 5.32 Å². The Hall–Kier alpha value is -2.19. The minimum absolute atomic E-state index is 0.102. The second-order valence-corrected chi connectivity index (χ2v) is 7.52. The van der Waals surface area contributed by atoms with Gasteiger partial charge in [-0.25, -0.2) is 4.98 Å². The minimum Gasteiger partial charge on any atom is -0.305 e. The average Bonchev–Trinajstić information content (AvgIpc) is 3.18. The number of rotatable bonds is 5. The number of hydrogen-bond acceptors (Lipinski definition) is 6. The van der Waals surface area contributed by atoms with Gasteiger partial charge < -0.3 is 9.88 Å². The van der Waals surface area contributed by atoms with E-state index in [2.05, 4.69) is 26.6 Å². The molecule has 24 heavy (non-hydrogen) atoms. The Balaban J connectivity index is 1.73. The maximum absolute atomic E-state index is 12.2. The fourth-order valence-electron chi connectivity index (χ4n) is 2.16. The van der Waals surface area contributed by atoms with Gasteiger partial charge in [0.2, 0.25) is 5.91 Å². The van der Waals surface area contributed by atoms with Crippen LogP contribution >= 0.6 is 23.1 Å². The van der Waals surface area contributed by atoms with Crippen LogP contribution in [0.2, 0.25) is 0 Å². The lowest BCUT2D eigenvalue weighted by atomic mass is 10.1. The lowest BCUT2D eigenvalue weighted by molar-refractivity contribution is -0.115. The molecule has 1 amide bonds. The lowest BCUT2D eigenvalue weighted by Gasteiger charge is -2.10. The third-order valence-electron chi connectivity index (χ3n) is 3.43. The Kier molecular flexibility index (Phi) is 4.96. The Bertz CT molecular complexity index is 844. The van der Waals surface area contributed by atoms with Crippen molar-refractivity contribution in [1.29, 1.82) is 0 Å². The first kappa shape index (κ1) is 16.7. The van der Waals surface area contributed by atoms with Crippen molar-refractivity contribution in [3.05, 3.63) is 41.4 Å². The van der Waals surface area contributed by atoms with Crippen LogP contribution in [0, 0.1) is 6.92 Å². The highest BCUT2D eigenvalue weighted by Gasteiger charge is 2.20. The molecule has 8 heteroatoms. The molecule has 0 spiro atoms. The van der Waals surface area contributed by atoms with Crippen molar-refractivity contribution in [3.8, 4) is 11.4 Å². The number of aryl methyl sites for hydroxylation is 1. The van der Waals surface area contributed by atoms with Crippen LogP contribution in [0.5, 0.6) is 0 Å². The molecule has 1 atom stereocenters. The quantitative estimate of drug-likeness (QED) is 0.707. The van der Waals surface area contributed by atoms with Gasteiger partial charge in [0.05, 0.1) is 5.25 Å². The third-order valence-corrected chi connectivity index (χ3v) is 5.25. The number of aromatic nitrogens is 4. The van der Waals surface area contributed by atoms with E-state index in [1.54, 1.807) is 6.20 Å². The van der Waals surface area contributed by atoms with Gasteiger partial charge in [0, 0.05) is 24.2 Å². The maximum atomic E-state index is 12.2. The highest BCUT2D eigenvalue weighted by atomic mass is 32.2. The molecule has 124 valence electrons. The van der Waals surface area contributed by atoms with Crippen molar-refractivity contribution < 1.29 is 4.79 Å². The number of carbonyl (C=O) groups excluding carboxylic acids is 1. The summed E-state index contributed by atoms with van der Waals surface area (Å²) in [7, 11) is 1.91. The fraction of sp³-hybridized carbons (Fsp3) is 0.250. The Labute approximate surface area is 148 Å². The van der Waals surface area contributed by atoms with Crippen LogP contribution in [0.4, 0.5) is 5.13 Å². The maximum Gasteiger partial charge on any atom is 0.239 e. The summed E-state index contributed by atoms with van der Waals surface area (Å²) in [4.78, 5) is 16.3. The number of thiazole rings is 1. The van der Waals surface area contributed by atoms with Gasteiger partial charge in [0.1, 0.15) is 0 Å². The molecule has 2 heterocycles. The summed E-state index contributed by atoms with van der Waals surface area (Å²) in [6.45, 7) is 3.88. The van der Waals surface area contributed by atoms with E-state index < -0.39 is 0 Å². The molecule has 2 aromatic heterocycles. The van der Waals surface area contributed by atoms with Crippen LogP contribution in [-0.2, 0) is 11.8 Å². The van der Waals surface area contributed by atoms with Gasteiger partial charge in [-0.05, 0) is 19.9 Å². The molecular weight excluding hydrogens is 342 g/mol. The molecule has 0 bridgehead atoms. The first-order chi connectivity index (χ1) is 11.5. The highest BCUT2D eigenvalue weighted by molar-refractivity contribution is 8.00. The van der Waals surface area contributed by atoms with Crippen molar-refractivity contribution in [2.24, 2.45) is 7.05 Å². The predicted molar refractivity (Wildman–Crippen MR) is 97.2 cm³/mol. The number of hydrogen-bond donors (Lipinski definition) is 1. The van der Waals surface area contributed by atoms with E-state index in [-0.39, 0.29) is 11.2 Å². The van der Waals surface area contributed by atoms with Crippen molar-refractivity contribution in [2.45, 2.75) is 24.3 Å². The van der Waals surface area contributed by atoms with Gasteiger partial charge in [0.15, 0.2) is 16.1 Å². The summed E-state index contributed by atoms with van der Waals surface area (Å²) in [6, 6.07) is 8.11. The zero-order chi connectivity index (χ0) is 17.1. The normalized spacial score (nSPS) is 12.1. The number of nitrogens with zero attached hydrogens (tertiary/aromatic N) is 4. The summed E-state index contributed by atoms with van der Waals surface area (Å²) in [5.41, 5.74) is 2.18. The number of amides is 1. The number of thioether (sulfide) groups is 1. The molecule has 3 rings (SSSR count). The third kappa shape index (κ3) is 3.65. The van der Waals surface area contributed by atoms with Gasteiger partial charge >= 0.3 is 0 Å². The zero-order valence-electron chi connectivity index (χ0n) is 13.6. The minimum atomic E-state index is -0.304. The van der Waals surface area contributed by atoms with Crippen LogP contribution < -0.4 is 5.32 Å². The summed E-state index contributed by atoms with van der Waals surface area (Å²) >= 11 is 2.77. The topological polar surface area (TPSA) is 72.7 Å². The molecule has 0 aliphatic carbocycles. The fourth-order valence-corrected chi connectivity index (χ4v) is 3.50. The van der Waals surface area contributed by atoms with Crippen molar-refractivity contribution >= 4 is 34.1 Å². The van der Waals surface area contributed by atoms with Gasteiger partial charge in [-0.15, -0.1) is 21.5 Å². The SMILES string of the molecule is Cc1cccc(-c2nnc(S[C@H](C)C(=O)Nc3nccs3)n2C)c1. The first-order valence-corrected chi connectivity index (χ1v) is 9.14. The molecule has 0 saturated heterocycles. The van der Waals surface area contributed by atoms with E-state index in [1.165, 1.54) is 28.7 Å². The van der Waals surface area contributed by atoms with Crippen LogP contribution in [0.15, 0.2) is 41.0 Å². The Morgan fingerprint density at radius 3 is 2.92 bits per heavy atom. The Morgan fingerprint density at radius 2 is 2.21 bits per heavy atom. The molecule has 1 aromatic carbocycles. The molecular formula is C16H17N5OS2. The first-order valence-electron chi connectivity index (χ1n) is 7.38. The van der Waals surface area contributed by atoms with E-state index in [4.69, 9.17) is 0 Å². The number of benzene rings is 1. The van der Waals surface area contributed by atoms with E-state index >= 15 is 0 Å². The van der Waals surface area contributed by atoms with E-state index in [9.17, 15) is 4.79 Å². The number of carbonyl (C=O) groups is 1. The molecule has 0 radical (unpaired) electrons. The zero-order valence-corrected chi connectivity index (χ0v) is 15.2. The van der Waals surface area contributed by atoms with Gasteiger partial charge in [0.25, 0.3) is 0 Å². The molecule has 0 aliphatic heterocycles. The summed E-state index contributed by atoms with van der Waals surface area (Å²) in [5, 5.41) is 14.1. The van der Waals surface area contributed by atoms with Crippen molar-refractivity contribution in [1.82, 2.24) is 19.7 Å². The Morgan fingerprint density at radius 1 is 1.38 bits per heavy atom. The molecule has 0 saturated carbocycles. The van der Waals surface area contributed by atoms with E-state index in [0.717, 1.165) is 11.4 Å². The van der Waals surface area contributed by atoms with Gasteiger partial charge in [-0.3, -0.25) is 4.79 Å². The van der Waals surface area contributed by atoms with E-state index in [0.29, 0.717) is 10.3 Å². The molecule has 6 nitrogen and oxygen atoms in total. The summed E-state index contributed by atoms with van der Waals surface area (Å²) in [6.07, 6.45) is 1.66. The molecule has 1 N–H and O–H groups in total. The predicted octanol–water partition coefficient (Wildman–Crippen LogP) is 3.37. The van der Waals surface area contributed by atoms with Crippen LogP contribution in [-0.4, -0.2) is 30.9 Å². The molecule has 0 fully saturated rings. The molecule has 0 aliphatic rings. The second kappa shape index (κ2) is 7.14. The summed E-state index contributed by atoms with van der Waals surface area (Å²) < 4.78 is 1.91. The molecule has 0 unspecified atom stereocenters. The second-order valence-electron chi connectivity index (χ2n) is 5.32. The van der Waals surface area contributed by atoms with Crippen LogP contribution in [0.1, 0.15) is 12.5 Å². The smallest absolute Gasteiger partial charge is 0.239 e. The van der Waals surface area contributed by atoms with Crippen LogP contribution in [0.3, 0.4) is 0 Å². The van der Waals surface area contributed by atoms with Gasteiger partial charge in [-0.2, -0.15) is 0 Å². The number of nitrogens with one attached hydrogen (secondary N) is 1.